The van der Waals surface area contributed by atoms with Crippen molar-refractivity contribution in [1.29, 1.82) is 0 Å². The third-order valence-corrected chi connectivity index (χ3v) is 2.69. The Morgan fingerprint density at radius 3 is 2.47 bits per heavy atom. The zero-order chi connectivity index (χ0) is 13.8. The van der Waals surface area contributed by atoms with Crippen molar-refractivity contribution in [1.82, 2.24) is 0 Å². The molecule has 0 unspecified atom stereocenters. The summed E-state index contributed by atoms with van der Waals surface area (Å²) in [4.78, 5) is 12.2. The second kappa shape index (κ2) is 5.52. The lowest BCUT2D eigenvalue weighted by Gasteiger charge is -2.06. The quantitative estimate of drug-likeness (QED) is 0.678. The van der Waals surface area contributed by atoms with Crippen LogP contribution in [-0.4, -0.2) is 12.4 Å². The van der Waals surface area contributed by atoms with Gasteiger partial charge in [0.25, 0.3) is 0 Å². The second-order valence-electron chi connectivity index (χ2n) is 4.02. The molecule has 0 bridgehead atoms. The largest absolute Gasteiger partial charge is 0.494 e. The number of ketones is 1. The molecule has 2 rings (SSSR count). The average Bonchev–Trinajstić information content (AvgIpc) is 2.39. The molecule has 0 aromatic heterocycles. The number of carbonyl (C=O) groups is 1. The fourth-order valence-electron chi connectivity index (χ4n) is 1.77. The van der Waals surface area contributed by atoms with Crippen LogP contribution in [-0.2, 0) is 0 Å². The van der Waals surface area contributed by atoms with Crippen molar-refractivity contribution in [2.24, 2.45) is 0 Å². The first-order chi connectivity index (χ1) is 9.11. The molecule has 0 atom stereocenters. The van der Waals surface area contributed by atoms with Crippen LogP contribution in [0.1, 0.15) is 22.8 Å². The molecule has 0 saturated carbocycles. The van der Waals surface area contributed by atoms with Gasteiger partial charge in [0.1, 0.15) is 11.6 Å². The number of nitrogens with two attached hydrogens (primary N) is 1. The summed E-state index contributed by atoms with van der Waals surface area (Å²) in [5.74, 6) is 0.00687. The first kappa shape index (κ1) is 13.1. The minimum Gasteiger partial charge on any atom is -0.494 e. The lowest BCUT2D eigenvalue weighted by Crippen LogP contribution is -2.05. The number of halogens is 1. The summed E-state index contributed by atoms with van der Waals surface area (Å²) in [6.45, 7) is 2.45. The zero-order valence-electron chi connectivity index (χ0n) is 10.5. The normalized spacial score (nSPS) is 10.2. The van der Waals surface area contributed by atoms with Crippen molar-refractivity contribution >= 4 is 11.5 Å². The Kier molecular flexibility index (Phi) is 3.80. The van der Waals surface area contributed by atoms with Crippen LogP contribution >= 0.6 is 0 Å². The van der Waals surface area contributed by atoms with E-state index in [4.69, 9.17) is 10.5 Å². The van der Waals surface area contributed by atoms with Crippen LogP contribution in [0.15, 0.2) is 42.5 Å². The van der Waals surface area contributed by atoms with E-state index in [1.54, 1.807) is 24.3 Å². The third-order valence-electron chi connectivity index (χ3n) is 2.69. The Hall–Kier alpha value is -2.36. The van der Waals surface area contributed by atoms with Gasteiger partial charge in [0.15, 0.2) is 5.78 Å². The molecule has 0 aliphatic rings. The minimum atomic E-state index is -0.458. The number of benzene rings is 2. The fourth-order valence-corrected chi connectivity index (χ4v) is 1.77. The molecule has 4 heteroatoms. The monoisotopic (exact) mass is 259 g/mol. The number of rotatable bonds is 4. The van der Waals surface area contributed by atoms with Crippen LogP contribution in [0.3, 0.4) is 0 Å². The Balaban J connectivity index is 2.28. The summed E-state index contributed by atoms with van der Waals surface area (Å²) >= 11 is 0. The average molecular weight is 259 g/mol. The number of hydrogen-bond acceptors (Lipinski definition) is 3. The summed E-state index contributed by atoms with van der Waals surface area (Å²) in [5.41, 5.74) is 6.57. The van der Waals surface area contributed by atoms with Crippen molar-refractivity contribution < 1.29 is 13.9 Å². The molecule has 2 aromatic carbocycles. The van der Waals surface area contributed by atoms with Crippen LogP contribution in [0.25, 0.3) is 0 Å². The maximum atomic E-state index is 12.9. The first-order valence-corrected chi connectivity index (χ1v) is 5.94. The van der Waals surface area contributed by atoms with Gasteiger partial charge in [-0.15, -0.1) is 0 Å². The molecule has 0 fully saturated rings. The van der Waals surface area contributed by atoms with Crippen LogP contribution in [0.2, 0.25) is 0 Å². The van der Waals surface area contributed by atoms with Crippen LogP contribution in [0.4, 0.5) is 10.1 Å². The van der Waals surface area contributed by atoms with E-state index in [0.29, 0.717) is 23.5 Å². The van der Waals surface area contributed by atoms with Gasteiger partial charge in [-0.2, -0.15) is 0 Å². The van der Waals surface area contributed by atoms with E-state index >= 15 is 0 Å². The van der Waals surface area contributed by atoms with Gasteiger partial charge in [-0.05, 0) is 49.4 Å². The smallest absolute Gasteiger partial charge is 0.195 e. The molecule has 0 heterocycles. The predicted molar refractivity (Wildman–Crippen MR) is 71.9 cm³/mol. The van der Waals surface area contributed by atoms with Crippen molar-refractivity contribution in [3.05, 3.63) is 59.4 Å². The third kappa shape index (κ3) is 2.91. The number of nitrogen functional groups attached to an aromatic ring is 1. The maximum Gasteiger partial charge on any atom is 0.195 e. The molecule has 19 heavy (non-hydrogen) atoms. The highest BCUT2D eigenvalue weighted by Gasteiger charge is 2.12. The number of anilines is 1. The van der Waals surface area contributed by atoms with Gasteiger partial charge in [0.05, 0.1) is 6.61 Å². The van der Waals surface area contributed by atoms with E-state index in [-0.39, 0.29) is 11.5 Å². The number of carbonyl (C=O) groups excluding carboxylic acids is 1. The summed E-state index contributed by atoms with van der Waals surface area (Å²) < 4.78 is 18.2. The van der Waals surface area contributed by atoms with Crippen molar-refractivity contribution in [2.45, 2.75) is 6.92 Å². The van der Waals surface area contributed by atoms with E-state index < -0.39 is 5.82 Å². The summed E-state index contributed by atoms with van der Waals surface area (Å²) in [6.07, 6.45) is 0. The van der Waals surface area contributed by atoms with Gasteiger partial charge < -0.3 is 10.5 Å². The van der Waals surface area contributed by atoms with Gasteiger partial charge in [-0.3, -0.25) is 4.79 Å². The molecule has 0 amide bonds. The van der Waals surface area contributed by atoms with Crippen LogP contribution in [0.5, 0.6) is 5.75 Å². The first-order valence-electron chi connectivity index (χ1n) is 5.94. The van der Waals surface area contributed by atoms with Crippen molar-refractivity contribution in [2.75, 3.05) is 12.3 Å². The molecule has 0 aliphatic heterocycles. The Morgan fingerprint density at radius 1 is 1.21 bits per heavy atom. The molecular formula is C15H14FNO2. The highest BCUT2D eigenvalue weighted by molar-refractivity contribution is 6.12. The molecule has 0 saturated heterocycles. The Labute approximate surface area is 110 Å². The molecule has 3 nitrogen and oxygen atoms in total. The van der Waals surface area contributed by atoms with E-state index in [0.717, 1.165) is 6.07 Å². The lowest BCUT2D eigenvalue weighted by molar-refractivity contribution is 0.103. The van der Waals surface area contributed by atoms with E-state index in [9.17, 15) is 9.18 Å². The SMILES string of the molecule is CCOc1ccc(C(=O)c2ccc(F)cc2N)cc1. The standard InChI is InChI=1S/C15H14FNO2/c1-2-19-12-6-3-10(4-7-12)15(18)13-8-5-11(16)9-14(13)17/h3-9H,2,17H2,1H3. The molecule has 2 aromatic rings. The lowest BCUT2D eigenvalue weighted by atomic mass is 10.0. The van der Waals surface area contributed by atoms with Gasteiger partial charge in [0.2, 0.25) is 0 Å². The Bertz CT molecular complexity index is 594. The molecule has 98 valence electrons. The summed E-state index contributed by atoms with van der Waals surface area (Å²) in [6, 6.07) is 10.5. The minimum absolute atomic E-state index is 0.138. The topological polar surface area (TPSA) is 52.3 Å². The van der Waals surface area contributed by atoms with Crippen LogP contribution in [0, 0.1) is 5.82 Å². The van der Waals surface area contributed by atoms with Gasteiger partial charge in [-0.1, -0.05) is 0 Å². The zero-order valence-corrected chi connectivity index (χ0v) is 10.5. The second-order valence-corrected chi connectivity index (χ2v) is 4.02. The van der Waals surface area contributed by atoms with E-state index in [1.165, 1.54) is 12.1 Å². The highest BCUT2D eigenvalue weighted by atomic mass is 19.1. The van der Waals surface area contributed by atoms with Gasteiger partial charge in [0, 0.05) is 16.8 Å². The fraction of sp³-hybridized carbons (Fsp3) is 0.133. The van der Waals surface area contributed by atoms with Crippen LogP contribution < -0.4 is 10.5 Å². The highest BCUT2D eigenvalue weighted by Crippen LogP contribution is 2.20. The maximum absolute atomic E-state index is 12.9. The number of ether oxygens (including phenoxy) is 1. The molecule has 0 aliphatic carbocycles. The van der Waals surface area contributed by atoms with Gasteiger partial charge >= 0.3 is 0 Å². The van der Waals surface area contributed by atoms with Gasteiger partial charge in [-0.25, -0.2) is 4.39 Å². The number of hydrogen-bond donors (Lipinski definition) is 1. The van der Waals surface area contributed by atoms with Crippen molar-refractivity contribution in [3.8, 4) is 5.75 Å². The van der Waals surface area contributed by atoms with E-state index in [1.807, 2.05) is 6.92 Å². The Morgan fingerprint density at radius 2 is 1.89 bits per heavy atom. The molecule has 0 spiro atoms. The summed E-state index contributed by atoms with van der Waals surface area (Å²) in [5, 5.41) is 0. The molecule has 0 radical (unpaired) electrons. The summed E-state index contributed by atoms with van der Waals surface area (Å²) in [7, 11) is 0. The molecular weight excluding hydrogens is 245 g/mol. The predicted octanol–water partition coefficient (Wildman–Crippen LogP) is 3.04. The van der Waals surface area contributed by atoms with E-state index in [2.05, 4.69) is 0 Å². The molecule has 2 N–H and O–H groups in total. The van der Waals surface area contributed by atoms with Crippen molar-refractivity contribution in [3.63, 3.8) is 0 Å².